The Balaban J connectivity index is 0.000000129. The molecule has 113 heavy (non-hydrogen) atoms. The normalized spacial score (nSPS) is 11.9. The van der Waals surface area contributed by atoms with Gasteiger partial charge >= 0.3 is 7.12 Å². The van der Waals surface area contributed by atoms with Crippen molar-refractivity contribution in [3.63, 3.8) is 0 Å². The van der Waals surface area contributed by atoms with Gasteiger partial charge in [0.1, 0.15) is 44.7 Å². The van der Waals surface area contributed by atoms with Crippen LogP contribution in [-0.4, -0.2) is 17.2 Å². The van der Waals surface area contributed by atoms with Gasteiger partial charge in [-0.2, -0.15) is 0 Å². The van der Waals surface area contributed by atoms with E-state index < -0.39 is 7.12 Å². The zero-order chi connectivity index (χ0) is 75.1. The van der Waals surface area contributed by atoms with Gasteiger partial charge in [0.15, 0.2) is 0 Å². The van der Waals surface area contributed by atoms with E-state index in [4.69, 9.17) is 40.9 Å². The molecule has 4 aromatic heterocycles. The number of rotatable bonds is 6. The highest BCUT2D eigenvalue weighted by molar-refractivity contribution is 6.66. The van der Waals surface area contributed by atoms with Gasteiger partial charge in [-0.25, -0.2) is 0 Å². The second-order valence-corrected chi connectivity index (χ2v) is 30.1. The molecule has 9 heteroatoms. The second-order valence-electron chi connectivity index (χ2n) is 29.2. The molecule has 4 heterocycles. The molecule has 0 fully saturated rings. The van der Waals surface area contributed by atoms with Gasteiger partial charge in [-0.3, -0.25) is 0 Å². The molecule has 2 N–H and O–H groups in total. The van der Waals surface area contributed by atoms with Gasteiger partial charge in [-0.1, -0.05) is 272 Å². The number of furan rings is 4. The van der Waals surface area contributed by atoms with Crippen molar-refractivity contribution in [1.29, 1.82) is 0 Å². The molecule has 24 rings (SSSR count). The van der Waals surface area contributed by atoms with Gasteiger partial charge in [0.25, 0.3) is 0 Å². The molecule has 0 saturated heterocycles. The third-order valence-electron chi connectivity index (χ3n) is 22.8. The summed E-state index contributed by atoms with van der Waals surface area (Å²) in [5, 5.41) is 48.1. The van der Waals surface area contributed by atoms with Crippen molar-refractivity contribution in [2.75, 3.05) is 0 Å². The number of halogens is 2. The minimum atomic E-state index is -1.50. The van der Waals surface area contributed by atoms with Crippen LogP contribution >= 0.6 is 23.2 Å². The van der Waals surface area contributed by atoms with E-state index in [1.165, 1.54) is 76.5 Å². The standard InChI is InChI=1S/C62H36O2.C22H10Cl2O2.C20H15BO2/c1-3-15-37(16-4-1)59-45-19-7-11-23-49(45)61(50-24-12-8-20-46(50)59)39-27-29-43-53-31-41-32-54-44-30-28-40(34-56(44)64-58(54)36-42(41)35-57(53)63-55(43)33-39)62-51-25-13-9-21-47(51)60(38-17-5-2-6-18-38)48-22-10-14-26-52(48)62;23-13-1-3-15-17-5-11-6-18-16-4-2-14(24)10-22(16)26-20(18)8-12(11)7-19(17)25-21(15)9-13;22-21(23)20-17-12-6-4-10-15(17)19(14-8-2-1-3-9-14)16-11-5-7-13-18(16)20/h1-36H;1-10H;1-13,22-23H. The highest BCUT2D eigenvalue weighted by Gasteiger charge is 2.25. The van der Waals surface area contributed by atoms with Crippen LogP contribution in [0.5, 0.6) is 0 Å². The fourth-order valence-corrected chi connectivity index (χ4v) is 18.2. The van der Waals surface area contributed by atoms with Crippen LogP contribution in [0, 0.1) is 0 Å². The first-order valence-corrected chi connectivity index (χ1v) is 38.6. The SMILES string of the molecule is Clc1ccc2c(c1)oc1cc3cc4oc5cc(Cl)ccc5c4cc3cc12.OB(O)c1c2ccccc2c(-c2ccccc2)c2ccccc12.c1ccc(-c2c3ccccc3c(-c3ccc4c(c3)oc3cc5cc6oc7cc(-c8c9ccccc9c(-c9ccccc9)c9ccccc89)ccc7c6cc5cc34)c3ccccc23)cc1. The minimum Gasteiger partial charge on any atom is -0.456 e. The van der Waals surface area contributed by atoms with Crippen molar-refractivity contribution in [1.82, 2.24) is 0 Å². The fourth-order valence-electron chi connectivity index (χ4n) is 17.9. The molecule has 6 nitrogen and oxygen atoms in total. The van der Waals surface area contributed by atoms with Gasteiger partial charge < -0.3 is 27.7 Å². The van der Waals surface area contributed by atoms with E-state index in [0.717, 1.165) is 153 Å². The number of fused-ring (bicyclic) bond motifs is 20. The lowest BCUT2D eigenvalue weighted by Crippen LogP contribution is -2.31. The zero-order valence-corrected chi connectivity index (χ0v) is 61.9. The molecule has 0 aliphatic heterocycles. The van der Waals surface area contributed by atoms with E-state index in [1.54, 1.807) is 0 Å². The molecule has 20 aromatic carbocycles. The lowest BCUT2D eigenvalue weighted by atomic mass is 9.72. The molecule has 0 unspecified atom stereocenters. The third-order valence-corrected chi connectivity index (χ3v) is 23.3. The van der Waals surface area contributed by atoms with Gasteiger partial charge in [0.05, 0.1) is 0 Å². The Bertz CT molecular complexity index is 7510. The first-order chi connectivity index (χ1) is 55.7. The maximum absolute atomic E-state index is 9.94. The van der Waals surface area contributed by atoms with Crippen molar-refractivity contribution in [2.45, 2.75) is 0 Å². The van der Waals surface area contributed by atoms with Crippen LogP contribution in [0.3, 0.4) is 0 Å². The number of benzene rings is 20. The third kappa shape index (κ3) is 11.0. The smallest absolute Gasteiger partial charge is 0.456 e. The Morgan fingerprint density at radius 3 is 0.664 bits per heavy atom. The molecule has 0 spiro atoms. The Labute approximate surface area is 656 Å². The summed E-state index contributed by atoms with van der Waals surface area (Å²) in [5.74, 6) is 0. The predicted molar refractivity (Wildman–Crippen MR) is 476 cm³/mol. The molecule has 0 aliphatic carbocycles. The largest absolute Gasteiger partial charge is 0.489 e. The van der Waals surface area contributed by atoms with E-state index in [-0.39, 0.29) is 0 Å². The molecule has 24 aromatic rings. The Morgan fingerprint density at radius 1 is 0.177 bits per heavy atom. The maximum Gasteiger partial charge on any atom is 0.489 e. The van der Waals surface area contributed by atoms with E-state index in [1.807, 2.05) is 103 Å². The van der Waals surface area contributed by atoms with Gasteiger partial charge in [0.2, 0.25) is 0 Å². The minimum absolute atomic E-state index is 0.566. The van der Waals surface area contributed by atoms with Crippen molar-refractivity contribution < 1.29 is 27.7 Å². The monoisotopic (exact) mass is 1490 g/mol. The van der Waals surface area contributed by atoms with Crippen molar-refractivity contribution in [3.05, 3.63) is 368 Å². The van der Waals surface area contributed by atoms with Crippen LogP contribution in [0.15, 0.2) is 376 Å². The highest BCUT2D eigenvalue weighted by Crippen LogP contribution is 2.49. The van der Waals surface area contributed by atoms with E-state index in [2.05, 4.69) is 255 Å². The summed E-state index contributed by atoms with van der Waals surface area (Å²) in [6.07, 6.45) is 0. The van der Waals surface area contributed by atoms with Crippen LogP contribution in [-0.2, 0) is 0 Å². The quantitative estimate of drug-likeness (QED) is 0.127. The summed E-state index contributed by atoms with van der Waals surface area (Å²) in [7, 11) is -1.50. The highest BCUT2D eigenvalue weighted by atomic mass is 35.5. The van der Waals surface area contributed by atoms with Crippen molar-refractivity contribution in [3.8, 4) is 55.6 Å². The average molecular weight is 1490 g/mol. The summed E-state index contributed by atoms with van der Waals surface area (Å²) >= 11 is 12.2. The summed E-state index contributed by atoms with van der Waals surface area (Å²) in [5.41, 5.74) is 19.3. The first-order valence-electron chi connectivity index (χ1n) is 37.8. The summed E-state index contributed by atoms with van der Waals surface area (Å²) in [6.45, 7) is 0. The maximum atomic E-state index is 9.94. The van der Waals surface area contributed by atoms with Gasteiger partial charge in [-0.05, 0) is 244 Å². The average Bonchev–Trinajstić information content (AvgIpc) is 0.873. The molecule has 530 valence electrons. The topological polar surface area (TPSA) is 93.0 Å². The molecular weight excluding hydrogens is 1430 g/mol. The molecule has 0 amide bonds. The molecular formula is C104H61BCl2O6. The predicted octanol–water partition coefficient (Wildman–Crippen LogP) is 29.2. The lowest BCUT2D eigenvalue weighted by molar-refractivity contribution is 0.426. The van der Waals surface area contributed by atoms with Crippen LogP contribution in [0.2, 0.25) is 10.0 Å². The summed E-state index contributed by atoms with van der Waals surface area (Å²) in [4.78, 5) is 0. The van der Waals surface area contributed by atoms with Crippen molar-refractivity contribution >= 4 is 210 Å². The second kappa shape index (κ2) is 26.5. The Kier molecular flexibility index (Phi) is 15.5. The Morgan fingerprint density at radius 2 is 0.389 bits per heavy atom. The van der Waals surface area contributed by atoms with Gasteiger partial charge in [0, 0.05) is 65.3 Å². The van der Waals surface area contributed by atoms with Crippen LogP contribution < -0.4 is 5.46 Å². The van der Waals surface area contributed by atoms with Crippen molar-refractivity contribution in [2.24, 2.45) is 0 Å². The zero-order valence-electron chi connectivity index (χ0n) is 60.4. The molecule has 0 bridgehead atoms. The molecule has 0 atom stereocenters. The molecule has 0 aliphatic rings. The van der Waals surface area contributed by atoms with Crippen LogP contribution in [0.4, 0.5) is 0 Å². The summed E-state index contributed by atoms with van der Waals surface area (Å²) in [6, 6.07) is 125. The molecule has 0 radical (unpaired) electrons. The van der Waals surface area contributed by atoms with Gasteiger partial charge in [-0.15, -0.1) is 0 Å². The molecule has 0 saturated carbocycles. The Hall–Kier alpha value is -13.8. The van der Waals surface area contributed by atoms with Crippen LogP contribution in [0.25, 0.3) is 230 Å². The lowest BCUT2D eigenvalue weighted by Gasteiger charge is -2.17. The number of hydrogen-bond donors (Lipinski definition) is 2. The van der Waals surface area contributed by atoms with E-state index in [0.29, 0.717) is 15.5 Å². The first kappa shape index (κ1) is 66.3. The van der Waals surface area contributed by atoms with E-state index in [9.17, 15) is 10.0 Å². The fraction of sp³-hybridized carbons (Fsp3) is 0. The summed E-state index contributed by atoms with van der Waals surface area (Å²) < 4.78 is 25.5. The number of hydrogen-bond acceptors (Lipinski definition) is 6. The van der Waals surface area contributed by atoms with Crippen LogP contribution in [0.1, 0.15) is 0 Å². The van der Waals surface area contributed by atoms with E-state index >= 15 is 0 Å².